The van der Waals surface area contributed by atoms with Gasteiger partial charge >= 0.3 is 6.09 Å². The molecule has 3 unspecified atom stereocenters. The molecule has 4 rings (SSSR count). The molecule has 0 saturated heterocycles. The Kier molecular flexibility index (Phi) is 6.40. The Morgan fingerprint density at radius 1 is 1.31 bits per heavy atom. The zero-order valence-corrected chi connectivity index (χ0v) is 20.1. The lowest BCUT2D eigenvalue weighted by molar-refractivity contribution is 0.0564. The van der Waals surface area contributed by atoms with Crippen molar-refractivity contribution in [3.05, 3.63) is 63.6 Å². The van der Waals surface area contributed by atoms with E-state index in [2.05, 4.69) is 31.2 Å². The lowest BCUT2D eigenvalue weighted by Crippen LogP contribution is -2.36. The van der Waals surface area contributed by atoms with Crippen LogP contribution in [0.2, 0.25) is 0 Å². The van der Waals surface area contributed by atoms with Crippen molar-refractivity contribution in [3.63, 3.8) is 0 Å². The molecule has 3 atom stereocenters. The molecule has 1 saturated carbocycles. The van der Waals surface area contributed by atoms with Gasteiger partial charge in [0.25, 0.3) is 0 Å². The quantitative estimate of drug-likeness (QED) is 0.500. The Balaban J connectivity index is 1.58. The number of rotatable bonds is 3. The molecule has 1 aromatic heterocycles. The number of fused-ring (bicyclic) bond motifs is 1. The fraction of sp³-hybridized carbons (Fsp3) is 0.348. The first-order valence-electron chi connectivity index (χ1n) is 10.1. The van der Waals surface area contributed by atoms with Gasteiger partial charge in [-0.25, -0.2) is 13.6 Å². The van der Waals surface area contributed by atoms with Crippen molar-refractivity contribution in [3.8, 4) is 0 Å². The number of aliphatic imine (C=N–C) groups is 1. The summed E-state index contributed by atoms with van der Waals surface area (Å²) in [5.74, 6) is -0.752. The second kappa shape index (κ2) is 8.94. The summed E-state index contributed by atoms with van der Waals surface area (Å²) in [6.45, 7) is 5.33. The first kappa shape index (κ1) is 22.9. The van der Waals surface area contributed by atoms with E-state index in [4.69, 9.17) is 4.74 Å². The van der Waals surface area contributed by atoms with Crippen molar-refractivity contribution < 1.29 is 18.3 Å². The number of amides is 1. The minimum atomic E-state index is -0.633. The maximum absolute atomic E-state index is 14.7. The van der Waals surface area contributed by atoms with E-state index in [9.17, 15) is 13.6 Å². The summed E-state index contributed by atoms with van der Waals surface area (Å²) >= 11 is 4.74. The molecular weight excluding hydrogens is 500 g/mol. The third-order valence-corrected chi connectivity index (χ3v) is 6.66. The smallest absolute Gasteiger partial charge is 0.413 e. The lowest BCUT2D eigenvalue weighted by Gasteiger charge is -2.23. The van der Waals surface area contributed by atoms with Gasteiger partial charge in [0.05, 0.1) is 11.7 Å². The van der Waals surface area contributed by atoms with Crippen molar-refractivity contribution in [1.82, 2.24) is 10.3 Å². The standard InChI is InChI=1S/C23H22BrF2N3O2S/c1-23(2,3)31-22(30)29-21-28-20(15-10-19(15)32-21)14-8-12(4-6-16(14)25)9-17(26)18-7-5-13(24)11-27-18/h4-9,11,15,19-20H,10H2,1-3H3,(H,28,29,30)/b17-9-. The molecular formula is C23H22BrF2N3O2S. The molecule has 1 aromatic carbocycles. The molecule has 0 radical (unpaired) electrons. The Morgan fingerprint density at radius 3 is 2.78 bits per heavy atom. The van der Waals surface area contributed by atoms with Gasteiger partial charge in [-0.2, -0.15) is 0 Å². The molecule has 1 aliphatic heterocycles. The second-order valence-electron chi connectivity index (χ2n) is 8.70. The number of hydrogen-bond donors (Lipinski definition) is 1. The molecule has 5 nitrogen and oxygen atoms in total. The average Bonchev–Trinajstić information content (AvgIpc) is 3.47. The normalized spacial score (nSPS) is 22.6. The number of aromatic nitrogens is 1. The van der Waals surface area contributed by atoms with E-state index in [1.807, 2.05) is 0 Å². The number of carbonyl (C=O) groups excluding carboxylic acids is 1. The van der Waals surface area contributed by atoms with Crippen LogP contribution in [0.15, 0.2) is 46.0 Å². The van der Waals surface area contributed by atoms with Gasteiger partial charge in [0.1, 0.15) is 17.2 Å². The monoisotopic (exact) mass is 521 g/mol. The minimum Gasteiger partial charge on any atom is -0.444 e. The number of nitrogens with zero attached hydrogens (tertiary/aromatic N) is 2. The predicted molar refractivity (Wildman–Crippen MR) is 126 cm³/mol. The fourth-order valence-electron chi connectivity index (χ4n) is 3.42. The van der Waals surface area contributed by atoms with Crippen LogP contribution in [0.4, 0.5) is 13.6 Å². The summed E-state index contributed by atoms with van der Waals surface area (Å²) in [6, 6.07) is 7.26. The van der Waals surface area contributed by atoms with Gasteiger partial charge in [-0.05, 0) is 84.9 Å². The highest BCUT2D eigenvalue weighted by molar-refractivity contribution is 9.10. The van der Waals surface area contributed by atoms with Crippen molar-refractivity contribution in [1.29, 1.82) is 0 Å². The van der Waals surface area contributed by atoms with Crippen LogP contribution in [0.3, 0.4) is 0 Å². The van der Waals surface area contributed by atoms with Gasteiger partial charge in [0.15, 0.2) is 5.17 Å². The highest BCUT2D eigenvalue weighted by Crippen LogP contribution is 2.54. The zero-order valence-electron chi connectivity index (χ0n) is 17.7. The summed E-state index contributed by atoms with van der Waals surface area (Å²) in [4.78, 5) is 20.8. The Hall–Kier alpha value is -2.26. The SMILES string of the molecule is CC(C)(C)OC(=O)NC1=NC(c2cc(/C=C(\F)c3ccc(Br)cn3)ccc2F)C2CC2S1. The number of halogens is 3. The van der Waals surface area contributed by atoms with E-state index in [0.29, 0.717) is 16.3 Å². The molecule has 0 bridgehead atoms. The summed E-state index contributed by atoms with van der Waals surface area (Å²) in [5.41, 5.74) is 0.450. The van der Waals surface area contributed by atoms with E-state index in [1.54, 1.807) is 39.0 Å². The zero-order chi connectivity index (χ0) is 23.0. The number of alkyl carbamates (subject to hydrolysis) is 1. The van der Waals surface area contributed by atoms with Gasteiger partial charge in [-0.1, -0.05) is 17.8 Å². The summed E-state index contributed by atoms with van der Waals surface area (Å²) in [7, 11) is 0. The average molecular weight is 522 g/mol. The second-order valence-corrected chi connectivity index (χ2v) is 10.8. The van der Waals surface area contributed by atoms with E-state index in [0.717, 1.165) is 10.9 Å². The number of pyridine rings is 1. The Morgan fingerprint density at radius 2 is 2.09 bits per heavy atom. The molecule has 2 aromatic rings. The molecule has 9 heteroatoms. The molecule has 0 spiro atoms. The first-order valence-corrected chi connectivity index (χ1v) is 11.8. The molecule has 168 valence electrons. The molecule has 1 aliphatic carbocycles. The van der Waals surface area contributed by atoms with Crippen LogP contribution < -0.4 is 5.32 Å². The molecule has 1 fully saturated rings. The molecule has 2 aliphatic rings. The largest absolute Gasteiger partial charge is 0.444 e. The van der Waals surface area contributed by atoms with Gasteiger partial charge in [0.2, 0.25) is 0 Å². The minimum absolute atomic E-state index is 0.177. The highest BCUT2D eigenvalue weighted by Gasteiger charge is 2.49. The summed E-state index contributed by atoms with van der Waals surface area (Å²) in [5, 5.41) is 3.33. The van der Waals surface area contributed by atoms with Crippen LogP contribution in [0.1, 0.15) is 50.1 Å². The molecule has 2 heterocycles. The number of thioether (sulfide) groups is 1. The van der Waals surface area contributed by atoms with Crippen molar-refractivity contribution >= 4 is 50.9 Å². The third kappa shape index (κ3) is 5.56. The van der Waals surface area contributed by atoms with Crippen LogP contribution in [0.5, 0.6) is 0 Å². The maximum Gasteiger partial charge on any atom is 0.413 e. The molecule has 32 heavy (non-hydrogen) atoms. The van der Waals surface area contributed by atoms with Crippen LogP contribution >= 0.6 is 27.7 Å². The number of nitrogens with one attached hydrogen (secondary N) is 1. The van der Waals surface area contributed by atoms with Crippen molar-refractivity contribution in [2.45, 2.75) is 44.1 Å². The van der Waals surface area contributed by atoms with Crippen molar-refractivity contribution in [2.24, 2.45) is 10.9 Å². The molecule has 1 N–H and O–H groups in total. The van der Waals surface area contributed by atoms with Gasteiger partial charge in [-0.3, -0.25) is 15.3 Å². The first-order chi connectivity index (χ1) is 15.1. The van der Waals surface area contributed by atoms with E-state index in [-0.39, 0.29) is 16.9 Å². The van der Waals surface area contributed by atoms with Gasteiger partial charge in [-0.15, -0.1) is 0 Å². The highest BCUT2D eigenvalue weighted by atomic mass is 79.9. The van der Waals surface area contributed by atoms with Gasteiger partial charge in [0, 0.05) is 21.5 Å². The van der Waals surface area contributed by atoms with Crippen LogP contribution in [0.25, 0.3) is 11.9 Å². The molecule has 1 amide bonds. The van der Waals surface area contributed by atoms with Gasteiger partial charge < -0.3 is 4.74 Å². The maximum atomic E-state index is 14.7. The third-order valence-electron chi connectivity index (χ3n) is 4.92. The fourth-order valence-corrected chi connectivity index (χ4v) is 4.90. The van der Waals surface area contributed by atoms with Crippen LogP contribution in [-0.2, 0) is 4.74 Å². The Labute approximate surface area is 197 Å². The Bertz CT molecular complexity index is 1100. The van der Waals surface area contributed by atoms with E-state index >= 15 is 0 Å². The topological polar surface area (TPSA) is 63.6 Å². The number of carbonyl (C=O) groups is 1. The summed E-state index contributed by atoms with van der Waals surface area (Å²) < 4.78 is 35.4. The lowest BCUT2D eigenvalue weighted by atomic mass is 9.99. The number of benzene rings is 1. The summed E-state index contributed by atoms with van der Waals surface area (Å²) in [6.07, 6.45) is 3.11. The van der Waals surface area contributed by atoms with Crippen LogP contribution in [-0.4, -0.2) is 27.1 Å². The van der Waals surface area contributed by atoms with Crippen LogP contribution in [0, 0.1) is 11.7 Å². The predicted octanol–water partition coefficient (Wildman–Crippen LogP) is 6.51. The number of hydrogen-bond acceptors (Lipinski definition) is 5. The van der Waals surface area contributed by atoms with Crippen molar-refractivity contribution in [2.75, 3.05) is 0 Å². The number of ether oxygens (including phenoxy) is 1. The number of amidine groups is 1. The van der Waals surface area contributed by atoms with E-state index in [1.165, 1.54) is 36.2 Å². The van der Waals surface area contributed by atoms with E-state index < -0.39 is 29.4 Å².